The van der Waals surface area contributed by atoms with E-state index in [2.05, 4.69) is 5.32 Å². The van der Waals surface area contributed by atoms with Crippen LogP contribution in [0.5, 0.6) is 5.75 Å². The molecule has 144 valence electrons. The van der Waals surface area contributed by atoms with E-state index in [1.54, 1.807) is 12.1 Å². The number of benzene rings is 2. The van der Waals surface area contributed by atoms with Crippen LogP contribution in [0.15, 0.2) is 48.5 Å². The zero-order valence-corrected chi connectivity index (χ0v) is 16.6. The average Bonchev–Trinajstić information content (AvgIpc) is 2.66. The van der Waals surface area contributed by atoms with Gasteiger partial charge in [0.1, 0.15) is 5.75 Å². The first-order chi connectivity index (χ1) is 12.9. The summed E-state index contributed by atoms with van der Waals surface area (Å²) >= 11 is 11.8. The molecule has 2 rings (SSSR count). The second-order valence-corrected chi connectivity index (χ2v) is 6.90. The van der Waals surface area contributed by atoms with E-state index in [1.807, 2.05) is 37.3 Å². The normalized spacial score (nSPS) is 12.7. The van der Waals surface area contributed by atoms with Gasteiger partial charge in [0, 0.05) is 11.6 Å². The van der Waals surface area contributed by atoms with E-state index in [9.17, 15) is 9.59 Å². The Morgan fingerprint density at radius 1 is 1.07 bits per heavy atom. The van der Waals surface area contributed by atoms with Gasteiger partial charge in [-0.2, -0.15) is 0 Å². The van der Waals surface area contributed by atoms with Crippen LogP contribution in [0.1, 0.15) is 25.3 Å². The van der Waals surface area contributed by atoms with Crippen LogP contribution >= 0.6 is 23.2 Å². The summed E-state index contributed by atoms with van der Waals surface area (Å²) in [6.45, 7) is 3.60. The molecule has 0 aliphatic rings. The van der Waals surface area contributed by atoms with Crippen molar-refractivity contribution in [2.75, 3.05) is 13.2 Å². The van der Waals surface area contributed by atoms with Gasteiger partial charge in [-0.05, 0) is 36.6 Å². The van der Waals surface area contributed by atoms with Crippen molar-refractivity contribution in [1.29, 1.82) is 0 Å². The third kappa shape index (κ3) is 6.77. The Labute approximate surface area is 168 Å². The largest absolute Gasteiger partial charge is 0.477 e. The van der Waals surface area contributed by atoms with Crippen molar-refractivity contribution in [2.45, 2.75) is 25.9 Å². The Morgan fingerprint density at radius 3 is 2.44 bits per heavy atom. The van der Waals surface area contributed by atoms with E-state index in [-0.39, 0.29) is 23.5 Å². The lowest BCUT2D eigenvalue weighted by atomic mass is 10.0. The Bertz CT molecular complexity index is 783. The van der Waals surface area contributed by atoms with Crippen LogP contribution in [0.2, 0.25) is 10.0 Å². The minimum absolute atomic E-state index is 0.153. The van der Waals surface area contributed by atoms with Crippen LogP contribution in [-0.4, -0.2) is 31.1 Å². The third-order valence-corrected chi connectivity index (χ3v) is 4.38. The highest BCUT2D eigenvalue weighted by Gasteiger charge is 2.19. The first kappa shape index (κ1) is 21.1. The number of carbonyl (C=O) groups excluding carboxylic acids is 2. The van der Waals surface area contributed by atoms with Gasteiger partial charge in [0.25, 0.3) is 5.91 Å². The van der Waals surface area contributed by atoms with Gasteiger partial charge in [-0.1, -0.05) is 60.5 Å². The molecule has 0 radical (unpaired) electrons. The van der Waals surface area contributed by atoms with Gasteiger partial charge in [-0.25, -0.2) is 4.79 Å². The van der Waals surface area contributed by atoms with Gasteiger partial charge in [0.05, 0.1) is 5.02 Å². The maximum Gasteiger partial charge on any atom is 0.347 e. The van der Waals surface area contributed by atoms with Crippen molar-refractivity contribution in [3.63, 3.8) is 0 Å². The monoisotopic (exact) mass is 409 g/mol. The standard InChI is InChI=1S/C20H21Cl2NO4/c1-13(15-6-4-3-5-7-15)11-23-19(24)12-26-20(25)14(2)27-18-9-8-16(21)10-17(18)22/h3-10,13-14H,11-12H2,1-2H3,(H,23,24)/t13-,14-/m0/s1. The number of hydrogen-bond donors (Lipinski definition) is 1. The first-order valence-corrected chi connectivity index (χ1v) is 9.22. The van der Waals surface area contributed by atoms with Crippen LogP contribution in [-0.2, 0) is 14.3 Å². The Kier molecular flexibility index (Phi) is 7.95. The summed E-state index contributed by atoms with van der Waals surface area (Å²) in [5, 5.41) is 3.50. The molecule has 0 aliphatic heterocycles. The molecule has 0 aromatic heterocycles. The van der Waals surface area contributed by atoms with Gasteiger partial charge in [-0.15, -0.1) is 0 Å². The summed E-state index contributed by atoms with van der Waals surface area (Å²) < 4.78 is 10.4. The lowest BCUT2D eigenvalue weighted by molar-refractivity contribution is -0.154. The maximum atomic E-state index is 12.0. The van der Waals surface area contributed by atoms with Crippen LogP contribution in [0.25, 0.3) is 0 Å². The van der Waals surface area contributed by atoms with Crippen molar-refractivity contribution < 1.29 is 19.1 Å². The molecule has 0 aliphatic carbocycles. The van der Waals surface area contributed by atoms with Gasteiger partial charge in [0.15, 0.2) is 12.7 Å². The molecule has 0 unspecified atom stereocenters. The molecule has 0 spiro atoms. The summed E-state index contributed by atoms with van der Waals surface area (Å²) in [6.07, 6.45) is -0.917. The molecule has 0 fully saturated rings. The zero-order valence-electron chi connectivity index (χ0n) is 15.1. The number of esters is 1. The number of ether oxygens (including phenoxy) is 2. The number of hydrogen-bond acceptors (Lipinski definition) is 4. The molecule has 27 heavy (non-hydrogen) atoms. The molecule has 2 aromatic rings. The van der Waals surface area contributed by atoms with Crippen molar-refractivity contribution in [3.05, 3.63) is 64.1 Å². The second kappa shape index (κ2) is 10.2. The average molecular weight is 410 g/mol. The fourth-order valence-corrected chi connectivity index (χ4v) is 2.73. The van der Waals surface area contributed by atoms with Gasteiger partial charge in [0.2, 0.25) is 0 Å². The van der Waals surface area contributed by atoms with Gasteiger partial charge >= 0.3 is 5.97 Å². The number of rotatable bonds is 8. The first-order valence-electron chi connectivity index (χ1n) is 8.46. The summed E-state index contributed by atoms with van der Waals surface area (Å²) in [7, 11) is 0. The Morgan fingerprint density at radius 2 is 1.78 bits per heavy atom. The number of nitrogens with one attached hydrogen (secondary N) is 1. The highest BCUT2D eigenvalue weighted by atomic mass is 35.5. The molecule has 5 nitrogen and oxygen atoms in total. The third-order valence-electron chi connectivity index (χ3n) is 3.85. The molecule has 1 N–H and O–H groups in total. The van der Waals surface area contributed by atoms with Crippen LogP contribution in [0.4, 0.5) is 0 Å². The zero-order chi connectivity index (χ0) is 19.8. The molecule has 2 atom stereocenters. The Hall–Kier alpha value is -2.24. The van der Waals surface area contributed by atoms with Crippen molar-refractivity contribution in [3.8, 4) is 5.75 Å². The predicted molar refractivity (Wildman–Crippen MR) is 105 cm³/mol. The molecule has 7 heteroatoms. The SMILES string of the molecule is C[C@H](Oc1ccc(Cl)cc1Cl)C(=O)OCC(=O)NC[C@H](C)c1ccccc1. The van der Waals surface area contributed by atoms with Crippen molar-refractivity contribution in [1.82, 2.24) is 5.32 Å². The molecule has 1 amide bonds. The minimum atomic E-state index is -0.917. The molecule has 0 bridgehead atoms. The van der Waals surface area contributed by atoms with E-state index in [4.69, 9.17) is 32.7 Å². The second-order valence-electron chi connectivity index (χ2n) is 6.06. The fourth-order valence-electron chi connectivity index (χ4n) is 2.28. The predicted octanol–water partition coefficient (Wildman–Crippen LogP) is 4.22. The molecule has 0 saturated carbocycles. The number of amides is 1. The van der Waals surface area contributed by atoms with Crippen LogP contribution in [0.3, 0.4) is 0 Å². The molecule has 0 heterocycles. The molecule has 2 aromatic carbocycles. The smallest absolute Gasteiger partial charge is 0.347 e. The number of carbonyl (C=O) groups is 2. The van der Waals surface area contributed by atoms with Crippen molar-refractivity contribution >= 4 is 35.1 Å². The summed E-state index contributed by atoms with van der Waals surface area (Å²) in [6, 6.07) is 14.5. The number of halogens is 2. The molecule has 0 saturated heterocycles. The Balaban J connectivity index is 1.74. The lowest BCUT2D eigenvalue weighted by Crippen LogP contribution is -2.34. The summed E-state index contributed by atoms with van der Waals surface area (Å²) in [5.74, 6) is -0.568. The van der Waals surface area contributed by atoms with E-state index in [1.165, 1.54) is 13.0 Å². The van der Waals surface area contributed by atoms with E-state index >= 15 is 0 Å². The summed E-state index contributed by atoms with van der Waals surface area (Å²) in [4.78, 5) is 23.9. The summed E-state index contributed by atoms with van der Waals surface area (Å²) in [5.41, 5.74) is 1.12. The highest BCUT2D eigenvalue weighted by Crippen LogP contribution is 2.28. The topological polar surface area (TPSA) is 64.6 Å². The van der Waals surface area contributed by atoms with E-state index < -0.39 is 12.1 Å². The maximum absolute atomic E-state index is 12.0. The van der Waals surface area contributed by atoms with Crippen LogP contribution < -0.4 is 10.1 Å². The highest BCUT2D eigenvalue weighted by molar-refractivity contribution is 6.35. The minimum Gasteiger partial charge on any atom is -0.477 e. The van der Waals surface area contributed by atoms with Crippen LogP contribution in [0, 0.1) is 0 Å². The van der Waals surface area contributed by atoms with Crippen molar-refractivity contribution in [2.24, 2.45) is 0 Å². The quantitative estimate of drug-likeness (QED) is 0.662. The molecular weight excluding hydrogens is 389 g/mol. The van der Waals surface area contributed by atoms with E-state index in [0.29, 0.717) is 17.3 Å². The lowest BCUT2D eigenvalue weighted by Gasteiger charge is -2.16. The molecular formula is C20H21Cl2NO4. The fraction of sp³-hybridized carbons (Fsp3) is 0.300. The van der Waals surface area contributed by atoms with E-state index in [0.717, 1.165) is 5.56 Å². The van der Waals surface area contributed by atoms with Gasteiger partial charge < -0.3 is 14.8 Å². The van der Waals surface area contributed by atoms with Gasteiger partial charge in [-0.3, -0.25) is 4.79 Å².